The lowest BCUT2D eigenvalue weighted by Crippen LogP contribution is -2.29. The van der Waals surface area contributed by atoms with Crippen LogP contribution in [0.25, 0.3) is 5.76 Å². The molecule has 222 valence electrons. The van der Waals surface area contributed by atoms with Gasteiger partial charge in [0.25, 0.3) is 5.78 Å². The molecule has 1 fully saturated rings. The van der Waals surface area contributed by atoms with E-state index in [-0.39, 0.29) is 16.5 Å². The average Bonchev–Trinajstić information content (AvgIpc) is 3.58. The number of carbonyl (C=O) groups is 2. The molecule has 1 aliphatic rings. The predicted octanol–water partition coefficient (Wildman–Crippen LogP) is 8.30. The van der Waals surface area contributed by atoms with E-state index in [0.29, 0.717) is 38.6 Å². The summed E-state index contributed by atoms with van der Waals surface area (Å²) in [5.41, 5.74) is 3.96. The Morgan fingerprint density at radius 3 is 2.49 bits per heavy atom. The molecule has 1 amide bonds. The van der Waals surface area contributed by atoms with Crippen molar-refractivity contribution in [2.24, 2.45) is 0 Å². The lowest BCUT2D eigenvalue weighted by Gasteiger charge is -2.23. The topological polar surface area (TPSA) is 92.6 Å². The summed E-state index contributed by atoms with van der Waals surface area (Å²) in [6, 6.07) is 19.6. The molecule has 0 saturated carbocycles. The molecule has 0 aliphatic carbocycles. The number of nitrogens with zero attached hydrogens (tertiary/aromatic N) is 3. The Balaban J connectivity index is 1.51. The number of carbonyl (C=O) groups excluding carboxylic acids is 2. The molecular weight excluding hydrogens is 602 g/mol. The molecular formula is C33H32ClN3O4S2. The minimum Gasteiger partial charge on any atom is -0.507 e. The van der Waals surface area contributed by atoms with Crippen LogP contribution in [0.3, 0.4) is 0 Å². The van der Waals surface area contributed by atoms with Crippen LogP contribution in [0.1, 0.15) is 60.0 Å². The quantitative estimate of drug-likeness (QED) is 0.0443. The molecule has 1 unspecified atom stereocenters. The number of ketones is 1. The number of benzene rings is 3. The minimum atomic E-state index is -0.892. The SMILES string of the molecule is CCCCCOc1ccc(C2/C(=C(\O)c3cc(C)ccc3C)C(=O)C(=O)N2c2nnc(SCc3ccc(Cl)cc3)s2)cc1. The van der Waals surface area contributed by atoms with Crippen molar-refractivity contribution >= 4 is 57.3 Å². The van der Waals surface area contributed by atoms with Crippen molar-refractivity contribution in [1.29, 1.82) is 0 Å². The van der Waals surface area contributed by atoms with Gasteiger partial charge in [0.05, 0.1) is 18.2 Å². The number of thioether (sulfide) groups is 1. The van der Waals surface area contributed by atoms with E-state index in [1.165, 1.54) is 28.0 Å². The molecule has 1 atom stereocenters. The second kappa shape index (κ2) is 13.8. The first-order valence-electron chi connectivity index (χ1n) is 14.1. The third-order valence-electron chi connectivity index (χ3n) is 7.18. The summed E-state index contributed by atoms with van der Waals surface area (Å²) < 4.78 is 6.53. The van der Waals surface area contributed by atoms with Gasteiger partial charge in [0.15, 0.2) is 4.34 Å². The maximum absolute atomic E-state index is 13.6. The van der Waals surface area contributed by atoms with E-state index in [1.54, 1.807) is 0 Å². The second-order valence-electron chi connectivity index (χ2n) is 10.4. The molecule has 0 spiro atoms. The second-order valence-corrected chi connectivity index (χ2v) is 13.0. The van der Waals surface area contributed by atoms with Gasteiger partial charge in [-0.1, -0.05) is 96.4 Å². The zero-order chi connectivity index (χ0) is 30.5. The van der Waals surface area contributed by atoms with E-state index in [2.05, 4.69) is 17.1 Å². The number of hydrogen-bond donors (Lipinski definition) is 1. The Kier molecular flexibility index (Phi) is 9.85. The van der Waals surface area contributed by atoms with E-state index in [0.717, 1.165) is 36.0 Å². The predicted molar refractivity (Wildman–Crippen MR) is 173 cm³/mol. The largest absolute Gasteiger partial charge is 0.507 e. The van der Waals surface area contributed by atoms with Crippen LogP contribution in [-0.4, -0.2) is 33.6 Å². The molecule has 43 heavy (non-hydrogen) atoms. The summed E-state index contributed by atoms with van der Waals surface area (Å²) in [6.45, 7) is 6.53. The molecule has 1 N–H and O–H groups in total. The monoisotopic (exact) mass is 633 g/mol. The summed E-state index contributed by atoms with van der Waals surface area (Å²) >= 11 is 8.71. The third-order valence-corrected chi connectivity index (χ3v) is 9.56. The van der Waals surface area contributed by atoms with Crippen LogP contribution >= 0.6 is 34.7 Å². The van der Waals surface area contributed by atoms with E-state index < -0.39 is 17.7 Å². The molecule has 4 aromatic rings. The summed E-state index contributed by atoms with van der Waals surface area (Å²) in [4.78, 5) is 28.6. The van der Waals surface area contributed by atoms with E-state index >= 15 is 0 Å². The van der Waals surface area contributed by atoms with Crippen LogP contribution in [0, 0.1) is 13.8 Å². The van der Waals surface area contributed by atoms with Gasteiger partial charge in [-0.3, -0.25) is 14.5 Å². The fraction of sp³-hybridized carbons (Fsp3) is 0.273. The Bertz CT molecular complexity index is 1650. The number of rotatable bonds is 11. The molecule has 2 heterocycles. The zero-order valence-electron chi connectivity index (χ0n) is 24.2. The van der Waals surface area contributed by atoms with Gasteiger partial charge in [-0.2, -0.15) is 0 Å². The van der Waals surface area contributed by atoms with Crippen molar-refractivity contribution in [3.63, 3.8) is 0 Å². The summed E-state index contributed by atoms with van der Waals surface area (Å²) in [5, 5.41) is 21.1. The average molecular weight is 634 g/mol. The van der Waals surface area contributed by atoms with Crippen molar-refractivity contribution < 1.29 is 19.4 Å². The van der Waals surface area contributed by atoms with Gasteiger partial charge in [-0.15, -0.1) is 10.2 Å². The number of hydrogen-bond acceptors (Lipinski definition) is 8. The highest BCUT2D eigenvalue weighted by Crippen LogP contribution is 2.44. The van der Waals surface area contributed by atoms with E-state index in [1.807, 2.05) is 80.6 Å². The number of unbranched alkanes of at least 4 members (excludes halogenated alkanes) is 2. The lowest BCUT2D eigenvalue weighted by molar-refractivity contribution is -0.132. The molecule has 5 rings (SSSR count). The smallest absolute Gasteiger partial charge is 0.301 e. The van der Waals surface area contributed by atoms with Gasteiger partial charge in [-0.25, -0.2) is 0 Å². The van der Waals surface area contributed by atoms with Gasteiger partial charge in [0, 0.05) is 16.3 Å². The number of ether oxygens (including phenoxy) is 1. The Labute approximate surface area is 264 Å². The van der Waals surface area contributed by atoms with Crippen LogP contribution < -0.4 is 9.64 Å². The van der Waals surface area contributed by atoms with Gasteiger partial charge < -0.3 is 9.84 Å². The number of anilines is 1. The highest BCUT2D eigenvalue weighted by molar-refractivity contribution is 8.00. The summed E-state index contributed by atoms with van der Waals surface area (Å²) in [6.07, 6.45) is 3.16. The molecule has 10 heteroatoms. The molecule has 7 nitrogen and oxygen atoms in total. The van der Waals surface area contributed by atoms with Crippen LogP contribution in [0.2, 0.25) is 5.02 Å². The highest BCUT2D eigenvalue weighted by atomic mass is 35.5. The first-order chi connectivity index (χ1) is 20.8. The van der Waals surface area contributed by atoms with Gasteiger partial charge in [0.1, 0.15) is 11.5 Å². The fourth-order valence-corrected chi connectivity index (χ4v) is 6.80. The maximum Gasteiger partial charge on any atom is 0.301 e. The van der Waals surface area contributed by atoms with Crippen molar-refractivity contribution in [2.45, 2.75) is 56.2 Å². The molecule has 0 bridgehead atoms. The molecule has 0 radical (unpaired) electrons. The minimum absolute atomic E-state index is 0.0147. The lowest BCUT2D eigenvalue weighted by atomic mass is 9.93. The number of aromatic nitrogens is 2. The number of amides is 1. The van der Waals surface area contributed by atoms with Crippen LogP contribution in [-0.2, 0) is 15.3 Å². The maximum atomic E-state index is 13.6. The molecule has 3 aromatic carbocycles. The van der Waals surface area contributed by atoms with Crippen LogP contribution in [0.5, 0.6) is 5.75 Å². The number of aliphatic hydroxyl groups excluding tert-OH is 1. The van der Waals surface area contributed by atoms with Crippen LogP contribution in [0.15, 0.2) is 76.6 Å². The van der Waals surface area contributed by atoms with Gasteiger partial charge in [0.2, 0.25) is 5.13 Å². The molecule has 1 aromatic heterocycles. The highest BCUT2D eigenvalue weighted by Gasteiger charge is 2.48. The summed E-state index contributed by atoms with van der Waals surface area (Å²) in [7, 11) is 0. The first kappa shape index (κ1) is 30.8. The number of aliphatic hydroxyl groups is 1. The fourth-order valence-electron chi connectivity index (χ4n) is 4.85. The van der Waals surface area contributed by atoms with Gasteiger partial charge in [-0.05, 0) is 67.3 Å². The first-order valence-corrected chi connectivity index (χ1v) is 16.3. The third kappa shape index (κ3) is 6.95. The van der Waals surface area contributed by atoms with Crippen molar-refractivity contribution in [3.05, 3.63) is 105 Å². The zero-order valence-corrected chi connectivity index (χ0v) is 26.6. The summed E-state index contributed by atoms with van der Waals surface area (Å²) in [5.74, 6) is -0.409. The normalized spacial score (nSPS) is 16.2. The van der Waals surface area contributed by atoms with E-state index in [9.17, 15) is 14.7 Å². The Morgan fingerprint density at radius 1 is 1.02 bits per heavy atom. The van der Waals surface area contributed by atoms with Crippen molar-refractivity contribution in [2.75, 3.05) is 11.5 Å². The number of Topliss-reactive ketones (excluding diaryl/α,β-unsaturated/α-hetero) is 1. The van der Waals surface area contributed by atoms with Gasteiger partial charge >= 0.3 is 5.91 Å². The van der Waals surface area contributed by atoms with E-state index in [4.69, 9.17) is 16.3 Å². The number of aryl methyl sites for hydroxylation is 2. The Morgan fingerprint density at radius 2 is 1.77 bits per heavy atom. The van der Waals surface area contributed by atoms with Crippen LogP contribution in [0.4, 0.5) is 5.13 Å². The van der Waals surface area contributed by atoms with Crippen molar-refractivity contribution in [3.8, 4) is 5.75 Å². The molecule has 1 saturated heterocycles. The number of halogens is 1. The Hall–Kier alpha value is -3.66. The molecule has 1 aliphatic heterocycles. The van der Waals surface area contributed by atoms with Crippen molar-refractivity contribution in [1.82, 2.24) is 10.2 Å². The standard InChI is InChI=1S/C33H32ClN3O4S2/c1-4-5-6-17-41-25-15-11-23(12-16-25)28-27(29(38)26-18-20(2)7-8-21(26)3)30(39)31(40)37(28)32-35-36-33(43-32)42-19-22-9-13-24(34)14-10-22/h7-16,18,28,38H,4-6,17,19H2,1-3H3/b29-27+.